The van der Waals surface area contributed by atoms with E-state index in [0.717, 1.165) is 15.6 Å². The van der Waals surface area contributed by atoms with Gasteiger partial charge in [-0.2, -0.15) is 0 Å². The quantitative estimate of drug-likeness (QED) is 0.905. The van der Waals surface area contributed by atoms with Crippen molar-refractivity contribution in [1.82, 2.24) is 0 Å². The number of benzene rings is 2. The van der Waals surface area contributed by atoms with Gasteiger partial charge >= 0.3 is 0 Å². The van der Waals surface area contributed by atoms with Gasteiger partial charge in [0.05, 0.1) is 13.2 Å². The molecule has 0 aliphatic carbocycles. The minimum Gasteiger partial charge on any atom is -0.494 e. The maximum Gasteiger partial charge on any atom is 0.168 e. The molecule has 0 spiro atoms. The number of aliphatic hydroxyl groups is 1. The Kier molecular flexibility index (Phi) is 4.78. The van der Waals surface area contributed by atoms with Gasteiger partial charge in [-0.1, -0.05) is 40.2 Å². The van der Waals surface area contributed by atoms with E-state index in [4.69, 9.17) is 4.74 Å². The number of aryl methyl sites for hydroxylation is 1. The molecule has 0 aromatic heterocycles. The second kappa shape index (κ2) is 6.37. The first-order valence-corrected chi connectivity index (χ1v) is 7.07. The topological polar surface area (TPSA) is 29.5 Å². The first kappa shape index (κ1) is 15.0. The van der Waals surface area contributed by atoms with Crippen LogP contribution in [0, 0.1) is 12.7 Å². The Labute approximate surface area is 126 Å². The second-order valence-corrected chi connectivity index (χ2v) is 5.52. The summed E-state index contributed by atoms with van der Waals surface area (Å²) in [6.07, 6.45) is -0.549. The zero-order chi connectivity index (χ0) is 14.7. The van der Waals surface area contributed by atoms with Gasteiger partial charge in [0.25, 0.3) is 0 Å². The van der Waals surface area contributed by atoms with Crippen LogP contribution in [-0.4, -0.2) is 12.2 Å². The molecule has 0 bridgehead atoms. The largest absolute Gasteiger partial charge is 0.494 e. The van der Waals surface area contributed by atoms with E-state index in [9.17, 15) is 9.50 Å². The summed E-state index contributed by atoms with van der Waals surface area (Å²) in [6.45, 7) is 1.97. The molecule has 1 N–H and O–H groups in total. The van der Waals surface area contributed by atoms with Crippen molar-refractivity contribution < 1.29 is 14.2 Å². The van der Waals surface area contributed by atoms with Crippen LogP contribution in [0.4, 0.5) is 4.39 Å². The van der Waals surface area contributed by atoms with Crippen LogP contribution in [0.1, 0.15) is 22.8 Å². The van der Waals surface area contributed by atoms with Crippen molar-refractivity contribution in [3.63, 3.8) is 0 Å². The minimum absolute atomic E-state index is 0.194. The second-order valence-electron chi connectivity index (χ2n) is 4.66. The SMILES string of the molecule is COc1cccc(CC(O)c2ccc(C)c(Br)c2)c1F. The van der Waals surface area contributed by atoms with Crippen molar-refractivity contribution in [2.45, 2.75) is 19.4 Å². The van der Waals surface area contributed by atoms with Crippen LogP contribution in [-0.2, 0) is 6.42 Å². The first-order valence-electron chi connectivity index (χ1n) is 6.28. The van der Waals surface area contributed by atoms with E-state index in [1.54, 1.807) is 18.2 Å². The molecule has 0 saturated heterocycles. The summed E-state index contributed by atoms with van der Waals surface area (Å²) in [5, 5.41) is 10.2. The van der Waals surface area contributed by atoms with Crippen LogP contribution in [0.25, 0.3) is 0 Å². The van der Waals surface area contributed by atoms with E-state index >= 15 is 0 Å². The number of halogens is 2. The third-order valence-electron chi connectivity index (χ3n) is 3.26. The lowest BCUT2D eigenvalue weighted by Crippen LogP contribution is -2.04. The molecule has 1 atom stereocenters. The average Bonchev–Trinajstić information content (AvgIpc) is 2.44. The van der Waals surface area contributed by atoms with Crippen LogP contribution in [0.3, 0.4) is 0 Å². The van der Waals surface area contributed by atoms with Gasteiger partial charge in [-0.3, -0.25) is 0 Å². The molecule has 4 heteroatoms. The average molecular weight is 339 g/mol. The van der Waals surface area contributed by atoms with E-state index in [0.29, 0.717) is 5.56 Å². The number of hydrogen-bond acceptors (Lipinski definition) is 2. The van der Waals surface area contributed by atoms with E-state index in [-0.39, 0.29) is 12.2 Å². The Bertz CT molecular complexity index is 613. The molecule has 0 fully saturated rings. The van der Waals surface area contributed by atoms with Gasteiger partial charge in [0, 0.05) is 10.9 Å². The number of aliphatic hydroxyl groups excluding tert-OH is 1. The summed E-state index contributed by atoms with van der Waals surface area (Å²) in [5.41, 5.74) is 2.28. The van der Waals surface area contributed by atoms with Crippen LogP contribution in [0.2, 0.25) is 0 Å². The smallest absolute Gasteiger partial charge is 0.168 e. The summed E-state index contributed by atoms with van der Waals surface area (Å²) in [6, 6.07) is 10.6. The maximum atomic E-state index is 14.0. The van der Waals surface area contributed by atoms with E-state index in [1.165, 1.54) is 7.11 Å². The Balaban J connectivity index is 2.23. The minimum atomic E-state index is -0.756. The molecule has 1 unspecified atom stereocenters. The lowest BCUT2D eigenvalue weighted by Gasteiger charge is -2.14. The molecule has 2 aromatic carbocycles. The Morgan fingerprint density at radius 3 is 2.70 bits per heavy atom. The fraction of sp³-hybridized carbons (Fsp3) is 0.250. The maximum absolute atomic E-state index is 14.0. The molecule has 20 heavy (non-hydrogen) atoms. The normalized spacial score (nSPS) is 12.2. The third-order valence-corrected chi connectivity index (χ3v) is 4.11. The summed E-state index contributed by atoms with van der Waals surface area (Å²) < 4.78 is 19.9. The van der Waals surface area contributed by atoms with E-state index in [2.05, 4.69) is 15.9 Å². The van der Waals surface area contributed by atoms with Gasteiger partial charge in [0.2, 0.25) is 0 Å². The first-order chi connectivity index (χ1) is 9.52. The van der Waals surface area contributed by atoms with Crippen molar-refractivity contribution in [2.24, 2.45) is 0 Å². The van der Waals surface area contributed by atoms with E-state index in [1.807, 2.05) is 25.1 Å². The highest BCUT2D eigenvalue weighted by molar-refractivity contribution is 9.10. The molecule has 0 saturated carbocycles. The van der Waals surface area contributed by atoms with Gasteiger partial charge < -0.3 is 9.84 Å². The van der Waals surface area contributed by atoms with Gasteiger partial charge in [0.15, 0.2) is 11.6 Å². The van der Waals surface area contributed by atoms with Gasteiger partial charge in [-0.15, -0.1) is 0 Å². The summed E-state index contributed by atoms with van der Waals surface area (Å²) >= 11 is 3.43. The summed E-state index contributed by atoms with van der Waals surface area (Å²) in [5.74, 6) is -0.222. The Hall–Kier alpha value is -1.39. The third kappa shape index (κ3) is 3.19. The fourth-order valence-electron chi connectivity index (χ4n) is 2.01. The number of hydrogen-bond donors (Lipinski definition) is 1. The molecule has 0 aliphatic heterocycles. The highest BCUT2D eigenvalue weighted by atomic mass is 79.9. The zero-order valence-electron chi connectivity index (χ0n) is 11.4. The van der Waals surface area contributed by atoms with Gasteiger partial charge in [-0.05, 0) is 35.7 Å². The highest BCUT2D eigenvalue weighted by Crippen LogP contribution is 2.27. The molecule has 106 valence electrons. The molecular formula is C16H16BrFO2. The molecule has 0 aliphatic rings. The van der Waals surface area contributed by atoms with Crippen LogP contribution in [0.5, 0.6) is 5.75 Å². The summed E-state index contributed by atoms with van der Waals surface area (Å²) in [7, 11) is 1.43. The van der Waals surface area contributed by atoms with Crippen molar-refractivity contribution in [2.75, 3.05) is 7.11 Å². The molecular weight excluding hydrogens is 323 g/mol. The predicted molar refractivity (Wildman–Crippen MR) is 80.5 cm³/mol. The standard InChI is InChI=1S/C16H16BrFO2/c1-10-6-7-11(8-13(10)17)14(19)9-12-4-3-5-15(20-2)16(12)18/h3-8,14,19H,9H2,1-2H3. The predicted octanol–water partition coefficient (Wildman–Crippen LogP) is 4.18. The van der Waals surface area contributed by atoms with Crippen molar-refractivity contribution in [3.8, 4) is 5.75 Å². The fourth-order valence-corrected chi connectivity index (χ4v) is 2.41. The lowest BCUT2D eigenvalue weighted by atomic mass is 10.00. The van der Waals surface area contributed by atoms with Crippen molar-refractivity contribution in [3.05, 3.63) is 63.4 Å². The molecule has 2 aromatic rings. The van der Waals surface area contributed by atoms with Gasteiger partial charge in [0.1, 0.15) is 0 Å². The Morgan fingerprint density at radius 2 is 2.05 bits per heavy atom. The van der Waals surface area contributed by atoms with E-state index < -0.39 is 11.9 Å². The zero-order valence-corrected chi connectivity index (χ0v) is 12.9. The number of methoxy groups -OCH3 is 1. The molecule has 0 amide bonds. The van der Waals surface area contributed by atoms with Crippen molar-refractivity contribution >= 4 is 15.9 Å². The highest BCUT2D eigenvalue weighted by Gasteiger charge is 2.15. The Morgan fingerprint density at radius 1 is 1.30 bits per heavy atom. The van der Waals surface area contributed by atoms with Gasteiger partial charge in [-0.25, -0.2) is 4.39 Å². The molecule has 2 nitrogen and oxygen atoms in total. The van der Waals surface area contributed by atoms with Crippen LogP contribution in [0.15, 0.2) is 40.9 Å². The van der Waals surface area contributed by atoms with Crippen LogP contribution >= 0.6 is 15.9 Å². The molecule has 0 radical (unpaired) electrons. The monoisotopic (exact) mass is 338 g/mol. The molecule has 2 rings (SSSR count). The summed E-state index contributed by atoms with van der Waals surface area (Å²) in [4.78, 5) is 0. The van der Waals surface area contributed by atoms with Crippen molar-refractivity contribution in [1.29, 1.82) is 0 Å². The number of ether oxygens (including phenoxy) is 1. The molecule has 0 heterocycles. The lowest BCUT2D eigenvalue weighted by molar-refractivity contribution is 0.177. The number of rotatable bonds is 4. The van der Waals surface area contributed by atoms with Crippen LogP contribution < -0.4 is 4.74 Å².